The Bertz CT molecular complexity index is 464. The molecule has 2 rings (SSSR count). The first-order chi connectivity index (χ1) is 7.43. The Kier molecular flexibility index (Phi) is 2.30. The van der Waals surface area contributed by atoms with E-state index < -0.39 is 11.6 Å². The van der Waals surface area contributed by atoms with E-state index in [2.05, 4.69) is 16.8 Å². The highest BCUT2D eigenvalue weighted by Crippen LogP contribution is 2.57. The van der Waals surface area contributed by atoms with Crippen molar-refractivity contribution in [2.45, 2.75) is 19.0 Å². The molecule has 2 N–H and O–H groups in total. The van der Waals surface area contributed by atoms with Gasteiger partial charge in [-0.1, -0.05) is 12.0 Å². The monoisotopic (exact) mass is 226 g/mol. The molecule has 1 aromatic rings. The number of halogens is 3. The van der Waals surface area contributed by atoms with Crippen LogP contribution in [0.3, 0.4) is 0 Å². The zero-order chi connectivity index (χ0) is 11.8. The van der Waals surface area contributed by atoms with Crippen molar-refractivity contribution in [1.82, 2.24) is 4.98 Å². The van der Waals surface area contributed by atoms with Crippen molar-refractivity contribution in [2.24, 2.45) is 5.41 Å². The first-order valence-corrected chi connectivity index (χ1v) is 4.75. The minimum Gasteiger partial charge on any atom is -0.384 e. The molecule has 16 heavy (non-hydrogen) atoms. The Balaban J connectivity index is 2.23. The predicted molar refractivity (Wildman–Crippen MR) is 53.2 cm³/mol. The number of nitrogens with zero attached hydrogens (tertiary/aromatic N) is 1. The molecule has 1 saturated carbocycles. The SMILES string of the molecule is Nc1cccc(C#CC2(C(F)(F)F)CC2)n1. The fraction of sp³-hybridized carbons (Fsp3) is 0.364. The molecule has 1 aromatic heterocycles. The zero-order valence-electron chi connectivity index (χ0n) is 8.30. The van der Waals surface area contributed by atoms with Crippen molar-refractivity contribution in [3.8, 4) is 11.8 Å². The largest absolute Gasteiger partial charge is 0.405 e. The lowest BCUT2D eigenvalue weighted by atomic mass is 10.1. The van der Waals surface area contributed by atoms with Crippen molar-refractivity contribution in [3.63, 3.8) is 0 Å². The van der Waals surface area contributed by atoms with E-state index in [0.717, 1.165) is 0 Å². The third-order valence-corrected chi connectivity index (χ3v) is 2.49. The number of hydrogen-bond donors (Lipinski definition) is 1. The molecule has 1 aliphatic carbocycles. The summed E-state index contributed by atoms with van der Waals surface area (Å²) >= 11 is 0. The lowest BCUT2D eigenvalue weighted by Gasteiger charge is -2.11. The van der Waals surface area contributed by atoms with Crippen molar-refractivity contribution < 1.29 is 13.2 Å². The minimum absolute atomic E-state index is 0.0752. The van der Waals surface area contributed by atoms with Crippen molar-refractivity contribution in [1.29, 1.82) is 0 Å². The van der Waals surface area contributed by atoms with Gasteiger partial charge < -0.3 is 5.73 Å². The van der Waals surface area contributed by atoms with Crippen LogP contribution in [0.15, 0.2) is 18.2 Å². The molecule has 84 valence electrons. The standard InChI is InChI=1S/C11H9F3N2/c12-11(13,14)10(6-7-10)5-4-8-2-1-3-9(15)16-8/h1-3H,6-7H2,(H2,15,16). The molecule has 2 nitrogen and oxygen atoms in total. The molecule has 0 radical (unpaired) electrons. The smallest absolute Gasteiger partial charge is 0.384 e. The highest BCUT2D eigenvalue weighted by atomic mass is 19.4. The first-order valence-electron chi connectivity index (χ1n) is 4.75. The van der Waals surface area contributed by atoms with Gasteiger partial charge in [-0.05, 0) is 30.9 Å². The molecule has 1 fully saturated rings. The number of aromatic nitrogens is 1. The van der Waals surface area contributed by atoms with Gasteiger partial charge in [-0.25, -0.2) is 4.98 Å². The second-order valence-electron chi connectivity index (χ2n) is 3.78. The van der Waals surface area contributed by atoms with Gasteiger partial charge in [0.05, 0.1) is 0 Å². The van der Waals surface area contributed by atoms with Gasteiger partial charge in [-0.2, -0.15) is 13.2 Å². The summed E-state index contributed by atoms with van der Waals surface area (Å²) in [6.07, 6.45) is -4.10. The lowest BCUT2D eigenvalue weighted by molar-refractivity contribution is -0.168. The van der Waals surface area contributed by atoms with E-state index in [1.54, 1.807) is 12.1 Å². The van der Waals surface area contributed by atoms with Gasteiger partial charge in [0.1, 0.15) is 16.9 Å². The molecular weight excluding hydrogens is 217 g/mol. The molecule has 0 bridgehead atoms. The third kappa shape index (κ3) is 1.96. The molecule has 5 heteroatoms. The molecule has 1 aliphatic rings. The lowest BCUT2D eigenvalue weighted by Crippen LogP contribution is -2.22. The van der Waals surface area contributed by atoms with Gasteiger partial charge in [-0.15, -0.1) is 0 Å². The summed E-state index contributed by atoms with van der Waals surface area (Å²) in [5.41, 5.74) is 3.87. The highest BCUT2D eigenvalue weighted by molar-refractivity contribution is 5.38. The molecule has 0 aliphatic heterocycles. The number of nitrogens with two attached hydrogens (primary N) is 1. The maximum atomic E-state index is 12.5. The van der Waals surface area contributed by atoms with Gasteiger partial charge in [0.15, 0.2) is 0 Å². The number of hydrogen-bond acceptors (Lipinski definition) is 2. The summed E-state index contributed by atoms with van der Waals surface area (Å²) in [6.45, 7) is 0. The van der Waals surface area contributed by atoms with E-state index in [-0.39, 0.29) is 24.4 Å². The molecule has 0 unspecified atom stereocenters. The van der Waals surface area contributed by atoms with E-state index in [1.807, 2.05) is 0 Å². The van der Waals surface area contributed by atoms with Crippen LogP contribution < -0.4 is 5.73 Å². The quantitative estimate of drug-likeness (QED) is 0.690. The molecule has 1 heterocycles. The van der Waals surface area contributed by atoms with Crippen LogP contribution in [0.4, 0.5) is 19.0 Å². The van der Waals surface area contributed by atoms with Crippen LogP contribution in [0.25, 0.3) is 0 Å². The van der Waals surface area contributed by atoms with Crippen LogP contribution in [0.5, 0.6) is 0 Å². The van der Waals surface area contributed by atoms with Crippen LogP contribution in [0, 0.1) is 17.3 Å². The van der Waals surface area contributed by atoms with Gasteiger partial charge >= 0.3 is 6.18 Å². The second-order valence-corrected chi connectivity index (χ2v) is 3.78. The van der Waals surface area contributed by atoms with E-state index in [4.69, 9.17) is 5.73 Å². The third-order valence-electron chi connectivity index (χ3n) is 2.49. The Morgan fingerprint density at radius 1 is 1.31 bits per heavy atom. The van der Waals surface area contributed by atoms with E-state index in [0.29, 0.717) is 0 Å². The Morgan fingerprint density at radius 2 is 2.00 bits per heavy atom. The second kappa shape index (κ2) is 3.41. The van der Waals surface area contributed by atoms with Gasteiger partial charge in [-0.3, -0.25) is 0 Å². The Labute approximate surface area is 90.7 Å². The first kappa shape index (κ1) is 10.8. The Morgan fingerprint density at radius 3 is 2.50 bits per heavy atom. The predicted octanol–water partition coefficient (Wildman–Crippen LogP) is 2.36. The van der Waals surface area contributed by atoms with Gasteiger partial charge in [0, 0.05) is 0 Å². The van der Waals surface area contributed by atoms with E-state index in [9.17, 15) is 13.2 Å². The van der Waals surface area contributed by atoms with Crippen LogP contribution in [0.1, 0.15) is 18.5 Å². The van der Waals surface area contributed by atoms with Crippen LogP contribution >= 0.6 is 0 Å². The van der Waals surface area contributed by atoms with Crippen molar-refractivity contribution in [3.05, 3.63) is 23.9 Å². The summed E-state index contributed by atoms with van der Waals surface area (Å²) in [5.74, 6) is 4.95. The topological polar surface area (TPSA) is 38.9 Å². The molecule has 0 atom stereocenters. The zero-order valence-corrected chi connectivity index (χ0v) is 8.30. The summed E-state index contributed by atoms with van der Waals surface area (Å²) < 4.78 is 37.6. The maximum absolute atomic E-state index is 12.5. The molecule has 0 saturated heterocycles. The Hall–Kier alpha value is -1.70. The normalized spacial score (nSPS) is 17.4. The fourth-order valence-electron chi connectivity index (χ4n) is 1.31. The van der Waals surface area contributed by atoms with Crippen LogP contribution in [0.2, 0.25) is 0 Å². The number of pyridine rings is 1. The molecular formula is C11H9F3N2. The summed E-state index contributed by atoms with van der Waals surface area (Å²) in [4.78, 5) is 3.82. The van der Waals surface area contributed by atoms with Gasteiger partial charge in [0.2, 0.25) is 0 Å². The summed E-state index contributed by atoms with van der Waals surface area (Å²) in [6, 6.07) is 4.71. The van der Waals surface area contributed by atoms with E-state index in [1.165, 1.54) is 6.07 Å². The van der Waals surface area contributed by atoms with Crippen molar-refractivity contribution >= 4 is 5.82 Å². The summed E-state index contributed by atoms with van der Waals surface area (Å²) in [5, 5.41) is 0. The number of nitrogen functional groups attached to an aromatic ring is 1. The fourth-order valence-corrected chi connectivity index (χ4v) is 1.31. The van der Waals surface area contributed by atoms with Crippen molar-refractivity contribution in [2.75, 3.05) is 5.73 Å². The molecule has 0 spiro atoms. The highest BCUT2D eigenvalue weighted by Gasteiger charge is 2.62. The molecule has 0 amide bonds. The number of rotatable bonds is 0. The molecule has 0 aromatic carbocycles. The van der Waals surface area contributed by atoms with Crippen LogP contribution in [-0.4, -0.2) is 11.2 Å². The average molecular weight is 226 g/mol. The number of anilines is 1. The summed E-state index contributed by atoms with van der Waals surface area (Å²) in [7, 11) is 0. The maximum Gasteiger partial charge on any atom is 0.405 e. The average Bonchev–Trinajstić information content (AvgIpc) is 2.94. The van der Waals surface area contributed by atoms with E-state index >= 15 is 0 Å². The van der Waals surface area contributed by atoms with Gasteiger partial charge in [0.25, 0.3) is 0 Å². The van der Waals surface area contributed by atoms with Crippen LogP contribution in [-0.2, 0) is 0 Å². The number of alkyl halides is 3. The minimum atomic E-state index is -4.25.